The zero-order chi connectivity index (χ0) is 31.6. The first kappa shape index (κ1) is 26.8. The molecule has 0 aliphatic heterocycles. The van der Waals surface area contributed by atoms with Gasteiger partial charge in [-0.1, -0.05) is 133 Å². The number of benzene rings is 8. The fourth-order valence-corrected chi connectivity index (χ4v) is 7.79. The van der Waals surface area contributed by atoms with Crippen molar-refractivity contribution in [2.45, 2.75) is 0 Å². The van der Waals surface area contributed by atoms with Crippen LogP contribution in [0.3, 0.4) is 0 Å². The maximum Gasteiger partial charge on any atom is 0.0635 e. The Morgan fingerprint density at radius 2 is 0.875 bits per heavy atom. The molecule has 224 valence electrons. The van der Waals surface area contributed by atoms with Gasteiger partial charge in [0.15, 0.2) is 0 Å². The van der Waals surface area contributed by atoms with Gasteiger partial charge in [-0.2, -0.15) is 0 Å². The lowest BCUT2D eigenvalue weighted by atomic mass is 9.92. The Balaban J connectivity index is 1.25. The molecule has 0 atom stereocenters. The highest BCUT2D eigenvalue weighted by Crippen LogP contribution is 2.42. The third-order valence-electron chi connectivity index (χ3n) is 9.89. The average molecular weight is 611 g/mol. The zero-order valence-electron chi connectivity index (χ0n) is 26.2. The van der Waals surface area contributed by atoms with Crippen LogP contribution in [0, 0.1) is 0 Å². The van der Waals surface area contributed by atoms with Gasteiger partial charge in [0.25, 0.3) is 0 Å². The van der Waals surface area contributed by atoms with Crippen molar-refractivity contribution in [1.82, 2.24) is 9.13 Å². The molecule has 48 heavy (non-hydrogen) atoms. The number of fused-ring (bicyclic) bond motifs is 7. The van der Waals surface area contributed by atoms with Crippen molar-refractivity contribution in [3.05, 3.63) is 182 Å². The van der Waals surface area contributed by atoms with Gasteiger partial charge >= 0.3 is 0 Å². The number of nitrogens with zero attached hydrogens (tertiary/aromatic N) is 2. The molecule has 10 rings (SSSR count). The molecule has 0 amide bonds. The van der Waals surface area contributed by atoms with Crippen LogP contribution < -0.4 is 0 Å². The Labute approximate surface area is 278 Å². The van der Waals surface area contributed by atoms with Crippen molar-refractivity contribution in [1.29, 1.82) is 0 Å². The van der Waals surface area contributed by atoms with E-state index < -0.39 is 0 Å². The van der Waals surface area contributed by atoms with Crippen LogP contribution in [0.15, 0.2) is 182 Å². The molecule has 0 bridgehead atoms. The van der Waals surface area contributed by atoms with E-state index in [0.29, 0.717) is 0 Å². The molecule has 0 radical (unpaired) electrons. The van der Waals surface area contributed by atoms with E-state index in [-0.39, 0.29) is 0 Å². The largest absolute Gasteiger partial charge is 0.309 e. The molecule has 8 aromatic carbocycles. The van der Waals surface area contributed by atoms with Gasteiger partial charge in [0.2, 0.25) is 0 Å². The third kappa shape index (κ3) is 4.00. The molecule has 0 aliphatic rings. The van der Waals surface area contributed by atoms with Gasteiger partial charge in [0, 0.05) is 27.5 Å². The van der Waals surface area contributed by atoms with Crippen LogP contribution in [-0.4, -0.2) is 9.13 Å². The first-order chi connectivity index (χ1) is 23.8. The van der Waals surface area contributed by atoms with Crippen molar-refractivity contribution < 1.29 is 0 Å². The maximum absolute atomic E-state index is 2.46. The van der Waals surface area contributed by atoms with Crippen LogP contribution in [0.25, 0.3) is 88.0 Å². The van der Waals surface area contributed by atoms with Crippen molar-refractivity contribution in [2.24, 2.45) is 0 Å². The molecule has 0 unspecified atom stereocenters. The molecule has 2 aromatic heterocycles. The minimum atomic E-state index is 1.15. The maximum atomic E-state index is 2.46. The summed E-state index contributed by atoms with van der Waals surface area (Å²) in [6.07, 6.45) is 0. The standard InChI is InChI=1S/C46H30N2/c1-3-13-31(14-4-1)44-30-41-43(47(44)35-17-5-2-6-18-35)28-27-40-39-21-11-12-22-42(39)48(46(40)41)36-25-23-32(24-26-36)45-37-19-9-7-15-33(37)29-34-16-8-10-20-38(34)45/h1-30H. The molecule has 0 fully saturated rings. The van der Waals surface area contributed by atoms with Gasteiger partial charge in [0.05, 0.1) is 22.2 Å². The van der Waals surface area contributed by atoms with E-state index in [0.717, 1.165) is 11.4 Å². The summed E-state index contributed by atoms with van der Waals surface area (Å²) in [6.45, 7) is 0. The minimum Gasteiger partial charge on any atom is -0.309 e. The summed E-state index contributed by atoms with van der Waals surface area (Å²) in [5.41, 5.74) is 10.8. The number of hydrogen-bond acceptors (Lipinski definition) is 0. The smallest absolute Gasteiger partial charge is 0.0635 e. The highest BCUT2D eigenvalue weighted by molar-refractivity contribution is 6.19. The molecular formula is C46H30N2. The lowest BCUT2D eigenvalue weighted by Gasteiger charge is -2.14. The molecule has 2 heteroatoms. The average Bonchev–Trinajstić information content (AvgIpc) is 3.71. The van der Waals surface area contributed by atoms with E-state index in [1.54, 1.807) is 0 Å². The van der Waals surface area contributed by atoms with E-state index in [2.05, 4.69) is 191 Å². The number of hydrogen-bond donors (Lipinski definition) is 0. The highest BCUT2D eigenvalue weighted by atomic mass is 15.0. The number of aromatic nitrogens is 2. The molecule has 0 spiro atoms. The second-order valence-electron chi connectivity index (χ2n) is 12.6. The van der Waals surface area contributed by atoms with Gasteiger partial charge in [-0.15, -0.1) is 0 Å². The summed E-state index contributed by atoms with van der Waals surface area (Å²) in [7, 11) is 0. The number of para-hydroxylation sites is 2. The Bertz CT molecular complexity index is 2750. The SMILES string of the molecule is c1ccc(-c2cc3c(ccc4c5ccccc5n(-c5ccc(-c6c7ccccc7cc7ccccc67)cc5)c43)n2-c2ccccc2)cc1. The quantitative estimate of drug-likeness (QED) is 0.175. The van der Waals surface area contributed by atoms with Gasteiger partial charge in [-0.25, -0.2) is 0 Å². The van der Waals surface area contributed by atoms with Crippen LogP contribution in [-0.2, 0) is 0 Å². The van der Waals surface area contributed by atoms with Gasteiger partial charge in [-0.05, 0) is 86.8 Å². The van der Waals surface area contributed by atoms with Crippen LogP contribution in [0.1, 0.15) is 0 Å². The van der Waals surface area contributed by atoms with Crippen LogP contribution in [0.5, 0.6) is 0 Å². The fourth-order valence-electron chi connectivity index (χ4n) is 7.79. The minimum absolute atomic E-state index is 1.15. The molecule has 10 aromatic rings. The van der Waals surface area contributed by atoms with E-state index in [9.17, 15) is 0 Å². The fraction of sp³-hybridized carbons (Fsp3) is 0. The predicted octanol–water partition coefficient (Wildman–Crippen LogP) is 12.4. The van der Waals surface area contributed by atoms with Crippen molar-refractivity contribution in [3.8, 4) is 33.8 Å². The second-order valence-corrected chi connectivity index (χ2v) is 12.6. The predicted molar refractivity (Wildman–Crippen MR) is 203 cm³/mol. The third-order valence-corrected chi connectivity index (χ3v) is 9.89. The van der Waals surface area contributed by atoms with E-state index in [1.807, 2.05) is 0 Å². The monoisotopic (exact) mass is 610 g/mol. The van der Waals surface area contributed by atoms with E-state index in [4.69, 9.17) is 0 Å². The zero-order valence-corrected chi connectivity index (χ0v) is 26.2. The van der Waals surface area contributed by atoms with Gasteiger partial charge in [0.1, 0.15) is 0 Å². The Hall–Kier alpha value is -6.38. The Morgan fingerprint density at radius 1 is 0.312 bits per heavy atom. The van der Waals surface area contributed by atoms with Crippen LogP contribution in [0.2, 0.25) is 0 Å². The molecule has 2 nitrogen and oxygen atoms in total. The van der Waals surface area contributed by atoms with Crippen molar-refractivity contribution in [2.75, 3.05) is 0 Å². The summed E-state index contributed by atoms with van der Waals surface area (Å²) in [5.74, 6) is 0. The van der Waals surface area contributed by atoms with Crippen molar-refractivity contribution in [3.63, 3.8) is 0 Å². The summed E-state index contributed by atoms with van der Waals surface area (Å²) >= 11 is 0. The lowest BCUT2D eigenvalue weighted by molar-refractivity contribution is 1.13. The summed E-state index contributed by atoms with van der Waals surface area (Å²) in [5, 5.41) is 8.82. The Kier molecular flexibility index (Phi) is 5.91. The molecule has 2 heterocycles. The first-order valence-electron chi connectivity index (χ1n) is 16.5. The van der Waals surface area contributed by atoms with Gasteiger partial charge < -0.3 is 9.13 Å². The highest BCUT2D eigenvalue weighted by Gasteiger charge is 2.20. The molecular weight excluding hydrogens is 581 g/mol. The summed E-state index contributed by atoms with van der Waals surface area (Å²) in [6, 6.07) is 66.2. The van der Waals surface area contributed by atoms with Gasteiger partial charge in [-0.3, -0.25) is 0 Å². The topological polar surface area (TPSA) is 9.86 Å². The lowest BCUT2D eigenvalue weighted by Crippen LogP contribution is -1.97. The van der Waals surface area contributed by atoms with Crippen LogP contribution >= 0.6 is 0 Å². The molecule has 0 N–H and O–H groups in total. The normalized spacial score (nSPS) is 11.8. The molecule has 0 aliphatic carbocycles. The summed E-state index contributed by atoms with van der Waals surface area (Å²) < 4.78 is 4.86. The summed E-state index contributed by atoms with van der Waals surface area (Å²) in [4.78, 5) is 0. The molecule has 0 saturated carbocycles. The second kappa shape index (κ2) is 10.6. The van der Waals surface area contributed by atoms with E-state index in [1.165, 1.54) is 76.6 Å². The Morgan fingerprint density at radius 3 is 1.58 bits per heavy atom. The first-order valence-corrected chi connectivity index (χ1v) is 16.5. The molecule has 0 saturated heterocycles. The van der Waals surface area contributed by atoms with Crippen LogP contribution in [0.4, 0.5) is 0 Å². The van der Waals surface area contributed by atoms with Crippen molar-refractivity contribution >= 4 is 54.3 Å². The van der Waals surface area contributed by atoms with E-state index >= 15 is 0 Å². The number of rotatable bonds is 4.